The van der Waals surface area contributed by atoms with Gasteiger partial charge in [0.05, 0.1) is 0 Å². The highest BCUT2D eigenvalue weighted by molar-refractivity contribution is 7.10. The molecule has 2 rings (SSSR count). The molecule has 2 atom stereocenters. The van der Waals surface area contributed by atoms with E-state index in [1.807, 2.05) is 24.4 Å². The smallest absolute Gasteiger partial charge is 0.325 e. The van der Waals surface area contributed by atoms with Gasteiger partial charge in [0.1, 0.15) is 6.04 Å². The number of carbonyl (C=O) groups is 1. The van der Waals surface area contributed by atoms with Crippen LogP contribution >= 0.6 is 22.9 Å². The Morgan fingerprint density at radius 2 is 2.05 bits per heavy atom. The van der Waals surface area contributed by atoms with E-state index in [2.05, 4.69) is 5.32 Å². The molecule has 0 radical (unpaired) electrons. The molecule has 1 heterocycles. The normalized spacial score (nSPS) is 14.0. The largest absolute Gasteiger partial charge is 0.480 e. The van der Waals surface area contributed by atoms with Crippen LogP contribution in [0, 0.1) is 0 Å². The molecular formula is C14H14ClNO2S. The summed E-state index contributed by atoms with van der Waals surface area (Å²) in [6, 6.07) is 10.1. The van der Waals surface area contributed by atoms with Crippen LogP contribution in [0.3, 0.4) is 0 Å². The standard InChI is InChI=1S/C14H14ClNO2S/c1-9(12-7-4-8-19-12)16-13(14(17)18)10-5-2-3-6-11(10)15/h2-9,13,16H,1H3,(H,17,18). The van der Waals surface area contributed by atoms with Crippen LogP contribution in [-0.2, 0) is 4.79 Å². The van der Waals surface area contributed by atoms with Gasteiger partial charge in [-0.15, -0.1) is 11.3 Å². The Bertz CT molecular complexity index is 556. The Kier molecular flexibility index (Phi) is 4.58. The molecule has 100 valence electrons. The van der Waals surface area contributed by atoms with E-state index in [9.17, 15) is 9.90 Å². The van der Waals surface area contributed by atoms with Crippen molar-refractivity contribution in [2.75, 3.05) is 0 Å². The van der Waals surface area contributed by atoms with Gasteiger partial charge in [-0.2, -0.15) is 0 Å². The summed E-state index contributed by atoms with van der Waals surface area (Å²) in [7, 11) is 0. The van der Waals surface area contributed by atoms with Crippen molar-refractivity contribution < 1.29 is 9.90 Å². The summed E-state index contributed by atoms with van der Waals surface area (Å²) < 4.78 is 0. The fourth-order valence-electron chi connectivity index (χ4n) is 1.87. The second kappa shape index (κ2) is 6.19. The third kappa shape index (κ3) is 3.35. The number of rotatable bonds is 5. The van der Waals surface area contributed by atoms with Crippen molar-refractivity contribution in [3.05, 3.63) is 57.2 Å². The highest BCUT2D eigenvalue weighted by Gasteiger charge is 2.24. The van der Waals surface area contributed by atoms with Gasteiger partial charge >= 0.3 is 5.97 Å². The van der Waals surface area contributed by atoms with Gasteiger partial charge in [-0.3, -0.25) is 10.1 Å². The Morgan fingerprint density at radius 3 is 2.63 bits per heavy atom. The van der Waals surface area contributed by atoms with Crippen molar-refractivity contribution >= 4 is 28.9 Å². The van der Waals surface area contributed by atoms with Gasteiger partial charge < -0.3 is 5.11 Å². The van der Waals surface area contributed by atoms with Crippen molar-refractivity contribution in [1.82, 2.24) is 5.32 Å². The Balaban J connectivity index is 2.22. The second-order valence-corrected chi connectivity index (χ2v) is 5.58. The van der Waals surface area contributed by atoms with Gasteiger partial charge in [-0.1, -0.05) is 35.9 Å². The van der Waals surface area contributed by atoms with Crippen molar-refractivity contribution in [3.8, 4) is 0 Å². The third-order valence-electron chi connectivity index (χ3n) is 2.85. The number of benzene rings is 1. The summed E-state index contributed by atoms with van der Waals surface area (Å²) in [5.74, 6) is -0.934. The summed E-state index contributed by atoms with van der Waals surface area (Å²) in [5, 5.41) is 14.9. The first-order valence-electron chi connectivity index (χ1n) is 5.86. The zero-order valence-corrected chi connectivity index (χ0v) is 11.9. The predicted octanol–water partition coefficient (Wildman–Crippen LogP) is 3.88. The lowest BCUT2D eigenvalue weighted by atomic mass is 10.1. The van der Waals surface area contributed by atoms with Gasteiger partial charge in [-0.25, -0.2) is 0 Å². The number of nitrogens with one attached hydrogen (secondary N) is 1. The molecule has 1 aromatic heterocycles. The maximum Gasteiger partial charge on any atom is 0.325 e. The number of halogens is 1. The Labute approximate surface area is 120 Å². The number of hydrogen-bond acceptors (Lipinski definition) is 3. The molecule has 1 aromatic carbocycles. The number of carboxylic acids is 1. The van der Waals surface area contributed by atoms with Crippen LogP contribution < -0.4 is 5.32 Å². The molecule has 2 aromatic rings. The van der Waals surface area contributed by atoms with Gasteiger partial charge in [-0.05, 0) is 30.0 Å². The van der Waals surface area contributed by atoms with E-state index < -0.39 is 12.0 Å². The predicted molar refractivity (Wildman–Crippen MR) is 77.7 cm³/mol. The Morgan fingerprint density at radius 1 is 1.32 bits per heavy atom. The molecule has 0 spiro atoms. The number of aliphatic carboxylic acids is 1. The lowest BCUT2D eigenvalue weighted by Crippen LogP contribution is -2.30. The minimum atomic E-state index is -0.934. The average molecular weight is 296 g/mol. The molecule has 2 unspecified atom stereocenters. The molecule has 0 aliphatic carbocycles. The molecule has 0 saturated heterocycles. The van der Waals surface area contributed by atoms with Crippen molar-refractivity contribution in [2.24, 2.45) is 0 Å². The quantitative estimate of drug-likeness (QED) is 0.880. The minimum Gasteiger partial charge on any atom is -0.480 e. The second-order valence-electron chi connectivity index (χ2n) is 4.20. The third-order valence-corrected chi connectivity index (χ3v) is 4.25. The van der Waals surface area contributed by atoms with E-state index in [0.717, 1.165) is 4.88 Å². The molecule has 0 aliphatic rings. The van der Waals surface area contributed by atoms with Gasteiger partial charge in [0.2, 0.25) is 0 Å². The Hall–Kier alpha value is -1.36. The van der Waals surface area contributed by atoms with Gasteiger partial charge in [0.15, 0.2) is 0 Å². The first kappa shape index (κ1) is 14.1. The van der Waals surface area contributed by atoms with Crippen LogP contribution in [0.15, 0.2) is 41.8 Å². The van der Waals surface area contributed by atoms with Crippen LogP contribution in [0.25, 0.3) is 0 Å². The van der Waals surface area contributed by atoms with Gasteiger partial charge in [0, 0.05) is 15.9 Å². The molecule has 2 N–H and O–H groups in total. The topological polar surface area (TPSA) is 49.3 Å². The zero-order valence-electron chi connectivity index (χ0n) is 10.3. The number of carboxylic acid groups (broad SMARTS) is 1. The van der Waals surface area contributed by atoms with Crippen LogP contribution in [0.2, 0.25) is 5.02 Å². The van der Waals surface area contributed by atoms with Crippen LogP contribution in [-0.4, -0.2) is 11.1 Å². The summed E-state index contributed by atoms with van der Waals surface area (Å²) in [6.45, 7) is 1.94. The van der Waals surface area contributed by atoms with Crippen molar-refractivity contribution in [1.29, 1.82) is 0 Å². The SMILES string of the molecule is CC(NC(C(=O)O)c1ccccc1Cl)c1cccs1. The van der Waals surface area contributed by atoms with Crippen molar-refractivity contribution in [2.45, 2.75) is 19.0 Å². The summed E-state index contributed by atoms with van der Waals surface area (Å²) in [5.41, 5.74) is 0.583. The zero-order chi connectivity index (χ0) is 13.8. The van der Waals surface area contributed by atoms with Crippen LogP contribution in [0.4, 0.5) is 0 Å². The lowest BCUT2D eigenvalue weighted by molar-refractivity contribution is -0.139. The minimum absolute atomic E-state index is 0.0441. The molecule has 0 aliphatic heterocycles. The molecule has 3 nitrogen and oxygen atoms in total. The maximum absolute atomic E-state index is 11.4. The summed E-state index contributed by atoms with van der Waals surface area (Å²) in [4.78, 5) is 12.5. The number of hydrogen-bond donors (Lipinski definition) is 2. The lowest BCUT2D eigenvalue weighted by Gasteiger charge is -2.20. The fraction of sp³-hybridized carbons (Fsp3) is 0.214. The molecule has 0 fully saturated rings. The van der Waals surface area contributed by atoms with E-state index >= 15 is 0 Å². The first-order chi connectivity index (χ1) is 9.09. The van der Waals surface area contributed by atoms with Crippen LogP contribution in [0.1, 0.15) is 29.4 Å². The maximum atomic E-state index is 11.4. The summed E-state index contributed by atoms with van der Waals surface area (Å²) >= 11 is 7.67. The molecule has 5 heteroatoms. The monoisotopic (exact) mass is 295 g/mol. The average Bonchev–Trinajstić information content (AvgIpc) is 2.90. The van der Waals surface area contributed by atoms with E-state index in [-0.39, 0.29) is 6.04 Å². The van der Waals surface area contributed by atoms with E-state index in [4.69, 9.17) is 11.6 Å². The molecule has 0 bridgehead atoms. The van der Waals surface area contributed by atoms with E-state index in [1.165, 1.54) is 0 Å². The van der Waals surface area contributed by atoms with Crippen LogP contribution in [0.5, 0.6) is 0 Å². The highest BCUT2D eigenvalue weighted by Crippen LogP contribution is 2.27. The number of thiophene rings is 1. The van der Waals surface area contributed by atoms with E-state index in [1.54, 1.807) is 35.6 Å². The first-order valence-corrected chi connectivity index (χ1v) is 7.12. The van der Waals surface area contributed by atoms with Crippen molar-refractivity contribution in [3.63, 3.8) is 0 Å². The molecule has 0 saturated carbocycles. The molecule has 19 heavy (non-hydrogen) atoms. The van der Waals surface area contributed by atoms with E-state index in [0.29, 0.717) is 10.6 Å². The fourth-order valence-corrected chi connectivity index (χ4v) is 2.86. The van der Waals surface area contributed by atoms with Gasteiger partial charge in [0.25, 0.3) is 0 Å². The summed E-state index contributed by atoms with van der Waals surface area (Å²) in [6.07, 6.45) is 0. The highest BCUT2D eigenvalue weighted by atomic mass is 35.5. The molecule has 0 amide bonds. The molecular weight excluding hydrogens is 282 g/mol.